The third-order valence-corrected chi connectivity index (χ3v) is 5.41. The van der Waals surface area contributed by atoms with Crippen molar-refractivity contribution in [3.8, 4) is 21.9 Å². The predicted molar refractivity (Wildman–Crippen MR) is 114 cm³/mol. The van der Waals surface area contributed by atoms with Crippen molar-refractivity contribution >= 4 is 29.2 Å². The summed E-state index contributed by atoms with van der Waals surface area (Å²) in [5.74, 6) is 0.0556. The van der Waals surface area contributed by atoms with Crippen molar-refractivity contribution in [2.75, 3.05) is 14.2 Å². The molecule has 0 fully saturated rings. The van der Waals surface area contributed by atoms with Crippen molar-refractivity contribution in [3.63, 3.8) is 0 Å². The van der Waals surface area contributed by atoms with Crippen LogP contribution in [-0.2, 0) is 0 Å². The maximum absolute atomic E-state index is 12.5. The molecule has 3 aromatic rings. The third-order valence-electron chi connectivity index (χ3n) is 4.39. The van der Waals surface area contributed by atoms with Crippen molar-refractivity contribution in [1.82, 2.24) is 0 Å². The number of hydrogen-bond acceptors (Lipinski definition) is 5. The molecule has 1 aromatic heterocycles. The van der Waals surface area contributed by atoms with Crippen LogP contribution in [0.2, 0.25) is 0 Å². The smallest absolute Gasteiger partial charge is 0.335 e. The molecule has 0 aliphatic heterocycles. The monoisotopic (exact) mass is 408 g/mol. The summed E-state index contributed by atoms with van der Waals surface area (Å²) in [6.07, 6.45) is 3.14. The number of thiophene rings is 1. The van der Waals surface area contributed by atoms with Crippen LogP contribution >= 0.6 is 11.3 Å². The molecule has 3 rings (SSSR count). The Balaban J connectivity index is 1.96. The van der Waals surface area contributed by atoms with Crippen molar-refractivity contribution < 1.29 is 24.2 Å². The second-order valence-electron chi connectivity index (χ2n) is 6.26. The molecule has 0 radical (unpaired) electrons. The number of carbonyl (C=O) groups is 2. The highest BCUT2D eigenvalue weighted by molar-refractivity contribution is 7.15. The number of carboxylic acid groups (broad SMARTS) is 1. The molecular weight excluding hydrogens is 388 g/mol. The lowest BCUT2D eigenvalue weighted by atomic mass is 10.0. The molecule has 0 amide bonds. The molecule has 0 saturated carbocycles. The molecule has 0 saturated heterocycles. The van der Waals surface area contributed by atoms with Crippen molar-refractivity contribution in [1.29, 1.82) is 0 Å². The first kappa shape index (κ1) is 20.4. The summed E-state index contributed by atoms with van der Waals surface area (Å²) >= 11 is 1.63. The number of hydrogen-bond donors (Lipinski definition) is 1. The number of allylic oxidation sites excluding steroid dienone is 1. The molecule has 0 atom stereocenters. The Labute approximate surface area is 172 Å². The van der Waals surface area contributed by atoms with Gasteiger partial charge in [0.05, 0.1) is 25.3 Å². The van der Waals surface area contributed by atoms with Crippen LogP contribution < -0.4 is 9.47 Å². The Morgan fingerprint density at radius 1 is 0.931 bits per heavy atom. The first-order valence-corrected chi connectivity index (χ1v) is 9.63. The van der Waals surface area contributed by atoms with Crippen molar-refractivity contribution in [2.45, 2.75) is 6.92 Å². The van der Waals surface area contributed by atoms with E-state index in [0.29, 0.717) is 17.1 Å². The number of ketones is 1. The van der Waals surface area contributed by atoms with Crippen molar-refractivity contribution in [2.24, 2.45) is 0 Å². The van der Waals surface area contributed by atoms with Crippen LogP contribution in [0.25, 0.3) is 16.5 Å². The topological polar surface area (TPSA) is 72.8 Å². The number of carbonyl (C=O) groups excluding carboxylic acids is 1. The van der Waals surface area contributed by atoms with Gasteiger partial charge in [0, 0.05) is 20.9 Å². The first-order chi connectivity index (χ1) is 13.9. The Kier molecular flexibility index (Phi) is 6.14. The molecule has 0 spiro atoms. The van der Waals surface area contributed by atoms with Gasteiger partial charge in [-0.3, -0.25) is 4.79 Å². The summed E-state index contributed by atoms with van der Waals surface area (Å²) < 4.78 is 11.2. The lowest BCUT2D eigenvalue weighted by molar-refractivity contribution is 0.0696. The zero-order valence-electron chi connectivity index (χ0n) is 16.3. The van der Waals surface area contributed by atoms with E-state index in [2.05, 4.69) is 0 Å². The number of methoxy groups -OCH3 is 2. The molecule has 6 heteroatoms. The van der Waals surface area contributed by atoms with Gasteiger partial charge in [0.2, 0.25) is 0 Å². The van der Waals surface area contributed by atoms with Gasteiger partial charge >= 0.3 is 5.97 Å². The van der Waals surface area contributed by atoms with Gasteiger partial charge in [0.15, 0.2) is 5.78 Å². The molecule has 0 unspecified atom stereocenters. The number of ether oxygens (including phenoxy) is 2. The van der Waals surface area contributed by atoms with E-state index in [9.17, 15) is 9.59 Å². The second kappa shape index (κ2) is 8.75. The zero-order chi connectivity index (χ0) is 21.0. The summed E-state index contributed by atoms with van der Waals surface area (Å²) in [4.78, 5) is 25.6. The Hall–Kier alpha value is -3.38. The number of aryl methyl sites for hydroxylation is 1. The number of aromatic carboxylic acids is 1. The summed E-state index contributed by atoms with van der Waals surface area (Å²) in [5, 5.41) is 8.97. The van der Waals surface area contributed by atoms with Crippen LogP contribution in [0.4, 0.5) is 0 Å². The van der Waals surface area contributed by atoms with Gasteiger partial charge in [-0.2, -0.15) is 0 Å². The van der Waals surface area contributed by atoms with Gasteiger partial charge in [-0.05, 0) is 55.5 Å². The predicted octanol–water partition coefficient (Wildman–Crippen LogP) is 5.34. The van der Waals surface area contributed by atoms with Gasteiger partial charge in [0.25, 0.3) is 0 Å². The van der Waals surface area contributed by atoms with Crippen LogP contribution in [0.3, 0.4) is 0 Å². The maximum Gasteiger partial charge on any atom is 0.335 e. The van der Waals surface area contributed by atoms with E-state index in [0.717, 1.165) is 16.0 Å². The minimum atomic E-state index is -1.03. The number of rotatable bonds is 7. The molecule has 148 valence electrons. The molecule has 0 aliphatic carbocycles. The van der Waals surface area contributed by atoms with Gasteiger partial charge < -0.3 is 14.6 Å². The minimum Gasteiger partial charge on any atom is -0.496 e. The van der Waals surface area contributed by atoms with E-state index in [4.69, 9.17) is 14.6 Å². The van der Waals surface area contributed by atoms with Crippen LogP contribution in [0, 0.1) is 6.92 Å². The average Bonchev–Trinajstić information content (AvgIpc) is 3.17. The molecule has 1 N–H and O–H groups in total. The summed E-state index contributed by atoms with van der Waals surface area (Å²) in [6.45, 7) is 2.03. The summed E-state index contributed by atoms with van der Waals surface area (Å²) in [6, 6.07) is 13.6. The lowest BCUT2D eigenvalue weighted by Crippen LogP contribution is -1.99. The van der Waals surface area contributed by atoms with E-state index >= 15 is 0 Å². The second-order valence-corrected chi connectivity index (χ2v) is 7.54. The minimum absolute atomic E-state index is 0.137. The van der Waals surface area contributed by atoms with E-state index in [1.54, 1.807) is 31.6 Å². The SMILES string of the molecule is COc1ccc(/C=C/C(=O)c2ccc(C(=O)O)cc2)c(OC)c1-c1ccc(C)s1. The van der Waals surface area contributed by atoms with Gasteiger partial charge in [0.1, 0.15) is 11.5 Å². The highest BCUT2D eigenvalue weighted by atomic mass is 32.1. The normalized spacial score (nSPS) is 10.9. The fourth-order valence-corrected chi connectivity index (χ4v) is 3.86. The number of carboxylic acids is 1. The summed E-state index contributed by atoms with van der Waals surface area (Å²) in [7, 11) is 3.20. The molecule has 2 aromatic carbocycles. The fourth-order valence-electron chi connectivity index (χ4n) is 2.94. The Morgan fingerprint density at radius 2 is 1.62 bits per heavy atom. The van der Waals surface area contributed by atoms with Crippen LogP contribution in [0.5, 0.6) is 11.5 Å². The Morgan fingerprint density at radius 3 is 2.17 bits per heavy atom. The fraction of sp³-hybridized carbons (Fsp3) is 0.130. The zero-order valence-corrected chi connectivity index (χ0v) is 17.1. The van der Waals surface area contributed by atoms with E-state index in [1.807, 2.05) is 31.2 Å². The van der Waals surface area contributed by atoms with E-state index < -0.39 is 5.97 Å². The lowest BCUT2D eigenvalue weighted by Gasteiger charge is -2.14. The molecule has 0 bridgehead atoms. The highest BCUT2D eigenvalue weighted by Crippen LogP contribution is 2.44. The standard InChI is InChI=1S/C23H20O5S/c1-14-4-13-20(29-14)21-19(27-2)12-10-16(22(21)28-3)9-11-18(24)15-5-7-17(8-6-15)23(25)26/h4-13H,1-3H3,(H,25,26)/b11-9+. The summed E-state index contributed by atoms with van der Waals surface area (Å²) in [5.41, 5.74) is 2.13. The van der Waals surface area contributed by atoms with Gasteiger partial charge in [-0.1, -0.05) is 12.1 Å². The maximum atomic E-state index is 12.5. The van der Waals surface area contributed by atoms with E-state index in [-0.39, 0.29) is 11.3 Å². The molecule has 5 nitrogen and oxygen atoms in total. The average molecular weight is 408 g/mol. The van der Waals surface area contributed by atoms with Crippen molar-refractivity contribution in [3.05, 3.63) is 76.2 Å². The number of benzene rings is 2. The Bertz CT molecular complexity index is 1080. The van der Waals surface area contributed by atoms with Crippen LogP contribution in [0.15, 0.2) is 54.6 Å². The molecular formula is C23H20O5S. The van der Waals surface area contributed by atoms with Gasteiger partial charge in [-0.15, -0.1) is 11.3 Å². The van der Waals surface area contributed by atoms with Crippen LogP contribution in [0.1, 0.15) is 31.2 Å². The quantitative estimate of drug-likeness (QED) is 0.422. The third kappa shape index (κ3) is 4.38. The largest absolute Gasteiger partial charge is 0.496 e. The molecule has 29 heavy (non-hydrogen) atoms. The molecule has 0 aliphatic rings. The highest BCUT2D eigenvalue weighted by Gasteiger charge is 2.17. The van der Waals surface area contributed by atoms with Crippen LogP contribution in [-0.4, -0.2) is 31.1 Å². The van der Waals surface area contributed by atoms with Gasteiger partial charge in [-0.25, -0.2) is 4.79 Å². The van der Waals surface area contributed by atoms with E-state index in [1.165, 1.54) is 35.2 Å². The first-order valence-electron chi connectivity index (χ1n) is 8.82. The molecule has 1 heterocycles.